The van der Waals surface area contributed by atoms with Crippen LogP contribution in [0.15, 0.2) is 28.8 Å². The van der Waals surface area contributed by atoms with Gasteiger partial charge in [-0.25, -0.2) is 4.39 Å². The van der Waals surface area contributed by atoms with Crippen LogP contribution in [0.5, 0.6) is 0 Å². The number of anilines is 1. The number of hydrogen-bond donors (Lipinski definition) is 1. The zero-order valence-corrected chi connectivity index (χ0v) is 14.8. The maximum absolute atomic E-state index is 13.2. The number of nitrogens with zero attached hydrogens (tertiary/aromatic N) is 3. The predicted molar refractivity (Wildman–Crippen MR) is 95.7 cm³/mol. The molecule has 8 heteroatoms. The highest BCUT2D eigenvalue weighted by Crippen LogP contribution is 2.20. The molecule has 0 saturated carbocycles. The quantitative estimate of drug-likeness (QED) is 0.839. The van der Waals surface area contributed by atoms with Crippen molar-refractivity contribution in [1.82, 2.24) is 15.0 Å². The molecule has 0 aliphatic carbocycles. The Morgan fingerprint density at radius 1 is 1.33 bits per heavy atom. The van der Waals surface area contributed by atoms with Gasteiger partial charge in [-0.05, 0) is 37.3 Å². The van der Waals surface area contributed by atoms with Crippen LogP contribution in [0.1, 0.15) is 11.5 Å². The van der Waals surface area contributed by atoms with Gasteiger partial charge in [-0.15, -0.1) is 0 Å². The summed E-state index contributed by atoms with van der Waals surface area (Å²) >= 11 is 11.2. The molecule has 0 bridgehead atoms. The van der Waals surface area contributed by atoms with Gasteiger partial charge >= 0.3 is 0 Å². The largest absolute Gasteiger partial charge is 0.361 e. The summed E-state index contributed by atoms with van der Waals surface area (Å²) in [6.07, 6.45) is 0. The fourth-order valence-electron chi connectivity index (χ4n) is 2.61. The lowest BCUT2D eigenvalue weighted by Gasteiger charge is -2.35. The fraction of sp³-hybridized carbons (Fsp3) is 0.375. The van der Waals surface area contributed by atoms with Gasteiger partial charge in [-0.2, -0.15) is 0 Å². The molecular formula is C16H18ClFN4OS. The fourth-order valence-corrected chi connectivity index (χ4v) is 3.09. The van der Waals surface area contributed by atoms with Gasteiger partial charge in [-0.3, -0.25) is 4.90 Å². The van der Waals surface area contributed by atoms with Gasteiger partial charge in [0.1, 0.15) is 11.6 Å². The molecule has 0 amide bonds. The molecule has 1 aromatic carbocycles. The number of hydrogen-bond acceptors (Lipinski definition) is 4. The normalized spacial score (nSPS) is 15.5. The first-order valence-corrected chi connectivity index (χ1v) is 8.45. The van der Waals surface area contributed by atoms with Gasteiger partial charge in [0, 0.05) is 44.5 Å². The number of piperazine rings is 1. The van der Waals surface area contributed by atoms with Crippen LogP contribution in [0.2, 0.25) is 5.02 Å². The summed E-state index contributed by atoms with van der Waals surface area (Å²) in [6, 6.07) is 6.44. The summed E-state index contributed by atoms with van der Waals surface area (Å²) in [5.74, 6) is 0.386. The molecule has 1 aliphatic heterocycles. The number of thiocarbonyl (C=S) groups is 1. The Labute approximate surface area is 150 Å². The van der Waals surface area contributed by atoms with E-state index in [4.69, 9.17) is 28.3 Å². The lowest BCUT2D eigenvalue weighted by Crippen LogP contribution is -2.49. The smallest absolute Gasteiger partial charge is 0.173 e. The second-order valence-electron chi connectivity index (χ2n) is 5.75. The molecule has 1 aromatic heterocycles. The predicted octanol–water partition coefficient (Wildman–Crippen LogP) is 3.29. The van der Waals surface area contributed by atoms with Crippen molar-refractivity contribution in [3.05, 3.63) is 46.6 Å². The summed E-state index contributed by atoms with van der Waals surface area (Å²) in [5.41, 5.74) is 1.63. The molecule has 0 radical (unpaired) electrons. The Morgan fingerprint density at radius 2 is 2.08 bits per heavy atom. The molecule has 0 unspecified atom stereocenters. The zero-order chi connectivity index (χ0) is 17.1. The standard InChI is InChI=1S/C16H18ClFN4OS/c1-11-8-13(20-23-11)10-21-4-6-22(7-5-21)16(24)19-12-2-3-15(18)14(17)9-12/h2-3,8-9H,4-7,10H2,1H3,(H,19,24). The van der Waals surface area contributed by atoms with Crippen LogP contribution in [0.3, 0.4) is 0 Å². The van der Waals surface area contributed by atoms with Crippen LogP contribution in [-0.4, -0.2) is 46.2 Å². The molecule has 1 N–H and O–H groups in total. The van der Waals surface area contributed by atoms with Crippen LogP contribution < -0.4 is 5.32 Å². The second-order valence-corrected chi connectivity index (χ2v) is 6.55. The minimum absolute atomic E-state index is 0.0792. The maximum Gasteiger partial charge on any atom is 0.173 e. The SMILES string of the molecule is Cc1cc(CN2CCN(C(=S)Nc3ccc(F)c(Cl)c3)CC2)no1. The molecule has 2 aromatic rings. The van der Waals surface area contributed by atoms with Gasteiger partial charge < -0.3 is 14.7 Å². The third-order valence-corrected chi connectivity index (χ3v) is 4.54. The van der Waals surface area contributed by atoms with E-state index in [9.17, 15) is 4.39 Å². The van der Waals surface area contributed by atoms with E-state index >= 15 is 0 Å². The summed E-state index contributed by atoms with van der Waals surface area (Å²) in [4.78, 5) is 4.41. The summed E-state index contributed by atoms with van der Waals surface area (Å²) < 4.78 is 18.3. The molecule has 0 atom stereocenters. The van der Waals surface area contributed by atoms with Gasteiger partial charge in [-0.1, -0.05) is 16.8 Å². The van der Waals surface area contributed by atoms with E-state index in [0.29, 0.717) is 10.8 Å². The summed E-state index contributed by atoms with van der Waals surface area (Å²) in [7, 11) is 0. The van der Waals surface area contributed by atoms with E-state index in [1.165, 1.54) is 12.1 Å². The first-order chi connectivity index (χ1) is 11.5. The maximum atomic E-state index is 13.2. The minimum atomic E-state index is -0.440. The first-order valence-electron chi connectivity index (χ1n) is 7.67. The number of halogens is 2. The van der Waals surface area contributed by atoms with Crippen molar-refractivity contribution < 1.29 is 8.91 Å². The molecule has 1 saturated heterocycles. The molecule has 24 heavy (non-hydrogen) atoms. The number of benzene rings is 1. The average molecular weight is 369 g/mol. The zero-order valence-electron chi connectivity index (χ0n) is 13.3. The van der Waals surface area contributed by atoms with Crippen molar-refractivity contribution >= 4 is 34.6 Å². The van der Waals surface area contributed by atoms with Crippen molar-refractivity contribution in [3.63, 3.8) is 0 Å². The van der Waals surface area contributed by atoms with E-state index in [0.717, 1.165) is 44.2 Å². The highest BCUT2D eigenvalue weighted by molar-refractivity contribution is 7.80. The number of aryl methyl sites for hydroxylation is 1. The molecule has 1 fully saturated rings. The molecular weight excluding hydrogens is 351 g/mol. The Morgan fingerprint density at radius 3 is 2.71 bits per heavy atom. The van der Waals surface area contributed by atoms with Crippen LogP contribution in [0.4, 0.5) is 10.1 Å². The third kappa shape index (κ3) is 4.23. The van der Waals surface area contributed by atoms with E-state index in [2.05, 4.69) is 20.3 Å². The van der Waals surface area contributed by atoms with E-state index in [-0.39, 0.29) is 5.02 Å². The third-order valence-electron chi connectivity index (χ3n) is 3.89. The van der Waals surface area contributed by atoms with Crippen LogP contribution in [0, 0.1) is 12.7 Å². The van der Waals surface area contributed by atoms with Crippen LogP contribution in [-0.2, 0) is 6.54 Å². The van der Waals surface area contributed by atoms with Crippen molar-refractivity contribution in [2.24, 2.45) is 0 Å². The van der Waals surface area contributed by atoms with Crippen LogP contribution >= 0.6 is 23.8 Å². The lowest BCUT2D eigenvalue weighted by molar-refractivity contribution is 0.173. The molecule has 2 heterocycles. The number of rotatable bonds is 3. The first kappa shape index (κ1) is 17.1. The van der Waals surface area contributed by atoms with Crippen molar-refractivity contribution in [2.75, 3.05) is 31.5 Å². The van der Waals surface area contributed by atoms with Gasteiger partial charge in [0.15, 0.2) is 5.11 Å². The summed E-state index contributed by atoms with van der Waals surface area (Å²) in [6.45, 7) is 6.07. The Kier molecular flexibility index (Phi) is 5.33. The highest BCUT2D eigenvalue weighted by atomic mass is 35.5. The second kappa shape index (κ2) is 7.46. The Hall–Kier alpha value is -1.70. The lowest BCUT2D eigenvalue weighted by atomic mass is 10.3. The van der Waals surface area contributed by atoms with Gasteiger partial charge in [0.05, 0.1) is 10.7 Å². The molecule has 0 spiro atoms. The van der Waals surface area contributed by atoms with Gasteiger partial charge in [0.25, 0.3) is 0 Å². The number of aromatic nitrogens is 1. The monoisotopic (exact) mass is 368 g/mol. The van der Waals surface area contributed by atoms with E-state index in [1.807, 2.05) is 13.0 Å². The van der Waals surface area contributed by atoms with E-state index < -0.39 is 5.82 Å². The highest BCUT2D eigenvalue weighted by Gasteiger charge is 2.20. The Balaban J connectivity index is 1.50. The number of nitrogens with one attached hydrogen (secondary N) is 1. The van der Waals surface area contributed by atoms with Crippen molar-refractivity contribution in [3.8, 4) is 0 Å². The van der Waals surface area contributed by atoms with Crippen LogP contribution in [0.25, 0.3) is 0 Å². The van der Waals surface area contributed by atoms with E-state index in [1.54, 1.807) is 6.07 Å². The summed E-state index contributed by atoms with van der Waals surface area (Å²) in [5, 5.41) is 7.83. The average Bonchev–Trinajstić information content (AvgIpc) is 2.96. The minimum Gasteiger partial charge on any atom is -0.361 e. The van der Waals surface area contributed by atoms with Gasteiger partial charge in [0.2, 0.25) is 0 Å². The molecule has 128 valence electrons. The molecule has 1 aliphatic rings. The topological polar surface area (TPSA) is 44.5 Å². The Bertz CT molecular complexity index is 731. The van der Waals surface area contributed by atoms with Crippen molar-refractivity contribution in [2.45, 2.75) is 13.5 Å². The van der Waals surface area contributed by atoms with Crippen molar-refractivity contribution in [1.29, 1.82) is 0 Å². The molecule has 5 nitrogen and oxygen atoms in total. The molecule has 3 rings (SSSR count).